The number of thioether (sulfide) groups is 1. The smallest absolute Gasteiger partial charge is 0.283 e. The molecular weight excluding hydrogens is 363 g/mol. The van der Waals surface area contributed by atoms with Gasteiger partial charge >= 0.3 is 0 Å². The number of aromatic nitrogens is 1. The summed E-state index contributed by atoms with van der Waals surface area (Å²) in [5, 5.41) is 8.93. The molecule has 27 heavy (non-hydrogen) atoms. The standard InChI is InChI=1S/C20H17FN4OS/c1-11-7-14(13(3)25(11)16-6-4-5-15(21)9-16)8-17-18(22)24-10-12(2)27-20(24)23-19(17)26/h4-10,22H,1-3H3. The van der Waals surface area contributed by atoms with E-state index < -0.39 is 5.91 Å². The Morgan fingerprint density at radius 1 is 1.22 bits per heavy atom. The number of aliphatic imine (C=N–C) groups is 1. The number of allylic oxidation sites excluding steroid dienone is 1. The van der Waals surface area contributed by atoms with Gasteiger partial charge in [0.05, 0.1) is 5.57 Å². The van der Waals surface area contributed by atoms with Crippen LogP contribution in [0.25, 0.3) is 11.8 Å². The maximum Gasteiger partial charge on any atom is 0.283 e. The van der Waals surface area contributed by atoms with Crippen LogP contribution in [0.15, 0.2) is 52.0 Å². The third kappa shape index (κ3) is 2.94. The van der Waals surface area contributed by atoms with Gasteiger partial charge in [-0.05, 0) is 56.7 Å². The van der Waals surface area contributed by atoms with Crippen LogP contribution >= 0.6 is 11.8 Å². The molecule has 7 heteroatoms. The Bertz CT molecular complexity index is 1090. The van der Waals surface area contributed by atoms with Crippen molar-refractivity contribution in [1.82, 2.24) is 9.47 Å². The maximum atomic E-state index is 13.6. The number of fused-ring (bicyclic) bond motifs is 1. The van der Waals surface area contributed by atoms with E-state index in [9.17, 15) is 9.18 Å². The second-order valence-electron chi connectivity index (χ2n) is 6.46. The lowest BCUT2D eigenvalue weighted by atomic mass is 10.1. The second kappa shape index (κ2) is 6.35. The molecule has 0 atom stereocenters. The van der Waals surface area contributed by atoms with Crippen LogP contribution in [0.4, 0.5) is 4.39 Å². The first kappa shape index (κ1) is 17.5. The molecule has 0 saturated carbocycles. The fourth-order valence-electron chi connectivity index (χ4n) is 3.30. The van der Waals surface area contributed by atoms with E-state index in [-0.39, 0.29) is 17.2 Å². The van der Waals surface area contributed by atoms with Gasteiger partial charge in [0.1, 0.15) is 11.7 Å². The lowest BCUT2D eigenvalue weighted by Crippen LogP contribution is -2.35. The molecule has 136 valence electrons. The molecule has 4 rings (SSSR count). The van der Waals surface area contributed by atoms with Crippen molar-refractivity contribution in [3.63, 3.8) is 0 Å². The van der Waals surface area contributed by atoms with Crippen molar-refractivity contribution in [3.05, 3.63) is 69.8 Å². The fraction of sp³-hybridized carbons (Fsp3) is 0.150. The molecule has 0 radical (unpaired) electrons. The Balaban J connectivity index is 1.78. The lowest BCUT2D eigenvalue weighted by molar-refractivity contribution is -0.114. The predicted octanol–water partition coefficient (Wildman–Crippen LogP) is 4.40. The minimum Gasteiger partial charge on any atom is -0.318 e. The van der Waals surface area contributed by atoms with E-state index in [0.29, 0.717) is 5.17 Å². The van der Waals surface area contributed by atoms with E-state index in [0.717, 1.165) is 27.5 Å². The highest BCUT2D eigenvalue weighted by Crippen LogP contribution is 2.33. The quantitative estimate of drug-likeness (QED) is 0.786. The number of carbonyl (C=O) groups is 1. The summed E-state index contributed by atoms with van der Waals surface area (Å²) in [5.41, 5.74) is 3.54. The number of aryl methyl sites for hydroxylation is 1. The first-order valence-electron chi connectivity index (χ1n) is 8.39. The molecule has 0 aliphatic carbocycles. The van der Waals surface area contributed by atoms with Crippen molar-refractivity contribution < 1.29 is 9.18 Å². The molecule has 0 spiro atoms. The summed E-state index contributed by atoms with van der Waals surface area (Å²) in [4.78, 5) is 19.2. The average Bonchev–Trinajstić information content (AvgIpc) is 3.10. The summed E-state index contributed by atoms with van der Waals surface area (Å²) in [6.07, 6.45) is 3.50. The zero-order valence-corrected chi connectivity index (χ0v) is 15.9. The van der Waals surface area contributed by atoms with Crippen LogP contribution in [0.1, 0.15) is 23.9 Å². The summed E-state index contributed by atoms with van der Waals surface area (Å²) >= 11 is 1.38. The van der Waals surface area contributed by atoms with Crippen molar-refractivity contribution in [1.29, 1.82) is 5.41 Å². The van der Waals surface area contributed by atoms with Gasteiger partial charge in [0.2, 0.25) is 0 Å². The van der Waals surface area contributed by atoms with E-state index in [1.165, 1.54) is 23.9 Å². The zero-order valence-electron chi connectivity index (χ0n) is 15.1. The van der Waals surface area contributed by atoms with Gasteiger partial charge in [0.15, 0.2) is 5.17 Å². The Morgan fingerprint density at radius 2 is 2.00 bits per heavy atom. The van der Waals surface area contributed by atoms with Crippen molar-refractivity contribution in [2.75, 3.05) is 0 Å². The van der Waals surface area contributed by atoms with E-state index in [2.05, 4.69) is 4.99 Å². The molecule has 2 aliphatic heterocycles. The Kier molecular flexibility index (Phi) is 4.11. The highest BCUT2D eigenvalue weighted by molar-refractivity contribution is 8.17. The molecule has 2 aromatic rings. The van der Waals surface area contributed by atoms with Gasteiger partial charge in [-0.3, -0.25) is 15.1 Å². The van der Waals surface area contributed by atoms with Gasteiger partial charge in [-0.2, -0.15) is 4.99 Å². The molecule has 1 amide bonds. The van der Waals surface area contributed by atoms with E-state index in [1.54, 1.807) is 17.0 Å². The van der Waals surface area contributed by atoms with E-state index in [1.807, 2.05) is 43.7 Å². The van der Waals surface area contributed by atoms with Crippen LogP contribution in [0, 0.1) is 25.1 Å². The predicted molar refractivity (Wildman–Crippen MR) is 107 cm³/mol. The number of benzene rings is 1. The van der Waals surface area contributed by atoms with Crippen molar-refractivity contribution in [2.45, 2.75) is 20.8 Å². The molecule has 0 bridgehead atoms. The molecule has 2 aliphatic rings. The minimum atomic E-state index is -0.419. The third-order valence-electron chi connectivity index (χ3n) is 4.53. The van der Waals surface area contributed by atoms with Crippen LogP contribution < -0.4 is 0 Å². The maximum absolute atomic E-state index is 13.6. The van der Waals surface area contributed by atoms with Crippen molar-refractivity contribution >= 4 is 34.7 Å². The minimum absolute atomic E-state index is 0.116. The van der Waals surface area contributed by atoms with Gasteiger partial charge in [0, 0.05) is 28.2 Å². The van der Waals surface area contributed by atoms with Crippen LogP contribution in [-0.2, 0) is 4.79 Å². The summed E-state index contributed by atoms with van der Waals surface area (Å²) in [7, 11) is 0. The number of amides is 1. The Hall–Kier alpha value is -2.93. The summed E-state index contributed by atoms with van der Waals surface area (Å²) in [5.74, 6) is -0.609. The van der Waals surface area contributed by atoms with Gasteiger partial charge in [-0.15, -0.1) is 0 Å². The normalized spacial score (nSPS) is 18.1. The summed E-state index contributed by atoms with van der Waals surface area (Å²) in [6, 6.07) is 8.29. The molecular formula is C20H17FN4OS. The highest BCUT2D eigenvalue weighted by Gasteiger charge is 2.33. The van der Waals surface area contributed by atoms with E-state index >= 15 is 0 Å². The Morgan fingerprint density at radius 3 is 2.74 bits per heavy atom. The van der Waals surface area contributed by atoms with Crippen LogP contribution in [0.5, 0.6) is 0 Å². The molecule has 5 nitrogen and oxygen atoms in total. The largest absolute Gasteiger partial charge is 0.318 e. The van der Waals surface area contributed by atoms with Gasteiger partial charge in [0.25, 0.3) is 5.91 Å². The van der Waals surface area contributed by atoms with Gasteiger partial charge in [-0.1, -0.05) is 17.8 Å². The van der Waals surface area contributed by atoms with Crippen molar-refractivity contribution in [2.24, 2.45) is 4.99 Å². The first-order valence-corrected chi connectivity index (χ1v) is 9.21. The average molecular weight is 380 g/mol. The number of carbonyl (C=O) groups excluding carboxylic acids is 1. The van der Waals surface area contributed by atoms with Crippen LogP contribution in [0.2, 0.25) is 0 Å². The number of halogens is 1. The van der Waals surface area contributed by atoms with Gasteiger partial charge in [-0.25, -0.2) is 4.39 Å². The lowest BCUT2D eigenvalue weighted by Gasteiger charge is -2.22. The molecule has 0 fully saturated rings. The number of nitrogens with zero attached hydrogens (tertiary/aromatic N) is 3. The van der Waals surface area contributed by atoms with Crippen LogP contribution in [0.3, 0.4) is 0 Å². The molecule has 1 N–H and O–H groups in total. The third-order valence-corrected chi connectivity index (χ3v) is 5.43. The SMILES string of the molecule is CC1=CN2C(=N)C(=Cc3cc(C)n(-c4cccc(F)c4)c3C)C(=O)N=C2S1. The zero-order chi connectivity index (χ0) is 19.3. The fourth-order valence-corrected chi connectivity index (χ4v) is 4.12. The number of rotatable bonds is 2. The second-order valence-corrected chi connectivity index (χ2v) is 7.67. The molecule has 1 aromatic carbocycles. The number of amidine groups is 2. The summed E-state index contributed by atoms with van der Waals surface area (Å²) in [6.45, 7) is 5.75. The highest BCUT2D eigenvalue weighted by atomic mass is 32.2. The topological polar surface area (TPSA) is 61.5 Å². The van der Waals surface area contributed by atoms with Crippen molar-refractivity contribution in [3.8, 4) is 5.69 Å². The van der Waals surface area contributed by atoms with E-state index in [4.69, 9.17) is 5.41 Å². The molecule has 0 saturated heterocycles. The molecule has 1 aromatic heterocycles. The number of nitrogens with one attached hydrogen (secondary N) is 1. The van der Waals surface area contributed by atoms with Gasteiger partial charge < -0.3 is 4.57 Å². The number of hydrogen-bond acceptors (Lipinski definition) is 3. The first-order chi connectivity index (χ1) is 12.8. The van der Waals surface area contributed by atoms with Crippen LogP contribution in [-0.4, -0.2) is 26.4 Å². The monoisotopic (exact) mass is 380 g/mol. The molecule has 0 unspecified atom stereocenters. The Labute approximate surface area is 160 Å². The molecule has 3 heterocycles. The number of hydrogen-bond donors (Lipinski definition) is 1. The summed E-state index contributed by atoms with van der Waals surface area (Å²) < 4.78 is 15.6.